The zero-order valence-electron chi connectivity index (χ0n) is 10.6. The van der Waals surface area contributed by atoms with Gasteiger partial charge in [0.2, 0.25) is 5.91 Å². The van der Waals surface area contributed by atoms with Crippen LogP contribution < -0.4 is 5.32 Å². The second-order valence-corrected chi connectivity index (χ2v) is 4.52. The maximum atomic E-state index is 11.6. The molecule has 1 heterocycles. The molecule has 1 radical (unpaired) electrons. The van der Waals surface area contributed by atoms with Crippen molar-refractivity contribution in [3.63, 3.8) is 0 Å². The molecular formula is C12H22NO5. The molecule has 0 bridgehead atoms. The van der Waals surface area contributed by atoms with Crippen LogP contribution in [0.1, 0.15) is 32.6 Å². The highest BCUT2D eigenvalue weighted by Gasteiger charge is 2.38. The quantitative estimate of drug-likeness (QED) is 0.475. The normalized spacial score (nSPS) is 32.2. The summed E-state index contributed by atoms with van der Waals surface area (Å²) in [5, 5.41) is 30.9. The van der Waals surface area contributed by atoms with Crippen LogP contribution in [0.15, 0.2) is 0 Å². The lowest BCUT2D eigenvalue weighted by atomic mass is 9.98. The molecule has 1 aliphatic rings. The fourth-order valence-electron chi connectivity index (χ4n) is 1.84. The van der Waals surface area contributed by atoms with E-state index in [1.165, 1.54) is 6.61 Å². The third-order valence-electron chi connectivity index (χ3n) is 3.01. The molecule has 105 valence electrons. The van der Waals surface area contributed by atoms with E-state index >= 15 is 0 Å². The number of aliphatic hydroxyl groups excluding tert-OH is 3. The second-order valence-electron chi connectivity index (χ2n) is 4.52. The first kappa shape index (κ1) is 15.4. The van der Waals surface area contributed by atoms with E-state index in [0.29, 0.717) is 6.42 Å². The summed E-state index contributed by atoms with van der Waals surface area (Å²) in [6, 6.07) is -0.739. The highest BCUT2D eigenvalue weighted by atomic mass is 16.5. The smallest absolute Gasteiger partial charge is 0.220 e. The van der Waals surface area contributed by atoms with Crippen molar-refractivity contribution in [3.8, 4) is 0 Å². The first-order chi connectivity index (χ1) is 8.60. The van der Waals surface area contributed by atoms with Crippen molar-refractivity contribution in [1.29, 1.82) is 0 Å². The minimum Gasteiger partial charge on any atom is -0.394 e. The van der Waals surface area contributed by atoms with E-state index in [-0.39, 0.29) is 12.5 Å². The van der Waals surface area contributed by atoms with Gasteiger partial charge in [0.15, 0.2) is 0 Å². The number of carbonyl (C=O) groups is 1. The third-order valence-corrected chi connectivity index (χ3v) is 3.01. The molecule has 0 spiro atoms. The number of hydrogen-bond donors (Lipinski definition) is 4. The molecule has 1 rings (SSSR count). The Bertz CT molecular complexity index is 261. The number of aliphatic hydroxyl groups is 3. The van der Waals surface area contributed by atoms with E-state index < -0.39 is 24.4 Å². The van der Waals surface area contributed by atoms with Crippen molar-refractivity contribution in [2.24, 2.45) is 0 Å². The number of unbranched alkanes of at least 4 members (excludes halogenated alkanes) is 2. The van der Waals surface area contributed by atoms with Crippen molar-refractivity contribution in [2.75, 3.05) is 6.61 Å². The Hall–Kier alpha value is -0.690. The van der Waals surface area contributed by atoms with Gasteiger partial charge in [0.1, 0.15) is 24.9 Å². The maximum absolute atomic E-state index is 11.6. The van der Waals surface area contributed by atoms with Crippen LogP contribution in [0.25, 0.3) is 0 Å². The van der Waals surface area contributed by atoms with E-state index in [2.05, 4.69) is 12.2 Å². The largest absolute Gasteiger partial charge is 0.394 e. The molecule has 4 N–H and O–H groups in total. The minimum absolute atomic E-state index is 0.179. The molecule has 6 nitrogen and oxygen atoms in total. The van der Waals surface area contributed by atoms with Crippen molar-refractivity contribution in [1.82, 2.24) is 5.32 Å². The van der Waals surface area contributed by atoms with Gasteiger partial charge < -0.3 is 25.4 Å². The van der Waals surface area contributed by atoms with Crippen molar-refractivity contribution in [2.45, 2.75) is 57.0 Å². The fourth-order valence-corrected chi connectivity index (χ4v) is 1.84. The molecule has 4 atom stereocenters. The molecular weight excluding hydrogens is 238 g/mol. The van der Waals surface area contributed by atoms with E-state index in [1.807, 2.05) is 0 Å². The average molecular weight is 260 g/mol. The zero-order chi connectivity index (χ0) is 13.5. The van der Waals surface area contributed by atoms with Crippen LogP contribution >= 0.6 is 0 Å². The van der Waals surface area contributed by atoms with Gasteiger partial charge in [-0.3, -0.25) is 4.79 Å². The van der Waals surface area contributed by atoms with Crippen LogP contribution in [-0.4, -0.2) is 52.2 Å². The molecule has 1 fully saturated rings. The van der Waals surface area contributed by atoms with Crippen molar-refractivity contribution >= 4 is 5.91 Å². The summed E-state index contributed by atoms with van der Waals surface area (Å²) >= 11 is 0. The number of rotatable bonds is 6. The van der Waals surface area contributed by atoms with Gasteiger partial charge in [0, 0.05) is 6.42 Å². The summed E-state index contributed by atoms with van der Waals surface area (Å²) in [6.07, 6.45) is -0.0000256. The number of nitrogens with one attached hydrogen (secondary N) is 1. The SMILES string of the molecule is CCCCCC(=O)N[C@H]1[CH]O[C@H](CO)[C@@H](O)[C@@H]1O. The summed E-state index contributed by atoms with van der Waals surface area (Å²) in [4.78, 5) is 11.6. The van der Waals surface area contributed by atoms with Gasteiger partial charge in [-0.1, -0.05) is 19.8 Å². The van der Waals surface area contributed by atoms with Gasteiger partial charge in [-0.2, -0.15) is 0 Å². The number of ether oxygens (including phenoxy) is 1. The first-order valence-corrected chi connectivity index (χ1v) is 6.35. The van der Waals surface area contributed by atoms with Crippen LogP contribution in [0.3, 0.4) is 0 Å². The highest BCUT2D eigenvalue weighted by molar-refractivity contribution is 5.76. The van der Waals surface area contributed by atoms with E-state index in [1.54, 1.807) is 0 Å². The molecule has 0 aromatic rings. The third kappa shape index (κ3) is 4.20. The predicted molar refractivity (Wildman–Crippen MR) is 64.3 cm³/mol. The van der Waals surface area contributed by atoms with Gasteiger partial charge in [0.25, 0.3) is 0 Å². The van der Waals surface area contributed by atoms with Crippen LogP contribution in [-0.2, 0) is 9.53 Å². The van der Waals surface area contributed by atoms with Crippen LogP contribution in [0.2, 0.25) is 0 Å². The first-order valence-electron chi connectivity index (χ1n) is 6.35. The summed E-state index contributed by atoms with van der Waals surface area (Å²) < 4.78 is 5.05. The van der Waals surface area contributed by atoms with E-state index in [0.717, 1.165) is 19.3 Å². The molecule has 0 aromatic heterocycles. The Labute approximate surface area is 107 Å². The van der Waals surface area contributed by atoms with Crippen molar-refractivity contribution < 1.29 is 24.9 Å². The molecule has 6 heteroatoms. The van der Waals surface area contributed by atoms with Crippen LogP contribution in [0.4, 0.5) is 0 Å². The standard InChI is InChI=1S/C12H22NO5/c1-2-3-4-5-10(15)13-8-7-18-9(6-14)12(17)11(8)16/h7-9,11-12,14,16-17H,2-6H2,1H3,(H,13,15)/t8-,9+,11+,12+/m0/s1. The molecule has 1 aliphatic heterocycles. The average Bonchev–Trinajstić information content (AvgIpc) is 2.36. The summed E-state index contributed by atoms with van der Waals surface area (Å²) in [7, 11) is 0. The number of amides is 1. The van der Waals surface area contributed by atoms with Crippen molar-refractivity contribution in [3.05, 3.63) is 6.61 Å². The molecule has 1 amide bonds. The summed E-state index contributed by atoms with van der Waals surface area (Å²) in [5.41, 5.74) is 0. The van der Waals surface area contributed by atoms with Crippen LogP contribution in [0.5, 0.6) is 0 Å². The Morgan fingerprint density at radius 1 is 1.33 bits per heavy atom. The Morgan fingerprint density at radius 2 is 2.06 bits per heavy atom. The van der Waals surface area contributed by atoms with Gasteiger partial charge in [-0.15, -0.1) is 0 Å². The van der Waals surface area contributed by atoms with Gasteiger partial charge in [-0.25, -0.2) is 0 Å². The second kappa shape index (κ2) is 7.68. The van der Waals surface area contributed by atoms with E-state index in [4.69, 9.17) is 9.84 Å². The molecule has 1 saturated heterocycles. The molecule has 0 saturated carbocycles. The molecule has 0 unspecified atom stereocenters. The zero-order valence-corrected chi connectivity index (χ0v) is 10.6. The topological polar surface area (TPSA) is 99.0 Å². The molecule has 0 aromatic carbocycles. The van der Waals surface area contributed by atoms with Gasteiger partial charge >= 0.3 is 0 Å². The lowest BCUT2D eigenvalue weighted by Gasteiger charge is -2.36. The lowest BCUT2D eigenvalue weighted by Crippen LogP contribution is -2.58. The highest BCUT2D eigenvalue weighted by Crippen LogP contribution is 2.18. The van der Waals surface area contributed by atoms with Gasteiger partial charge in [-0.05, 0) is 6.42 Å². The van der Waals surface area contributed by atoms with Gasteiger partial charge in [0.05, 0.1) is 12.6 Å². The number of hydrogen-bond acceptors (Lipinski definition) is 5. The molecule has 0 aliphatic carbocycles. The lowest BCUT2D eigenvalue weighted by molar-refractivity contribution is -0.145. The Balaban J connectivity index is 2.36. The minimum atomic E-state index is -1.21. The molecule has 18 heavy (non-hydrogen) atoms. The monoisotopic (exact) mass is 260 g/mol. The summed E-state index contributed by atoms with van der Waals surface area (Å²) in [5.74, 6) is -0.179. The fraction of sp³-hybridized carbons (Fsp3) is 0.833. The predicted octanol–water partition coefficient (Wildman–Crippen LogP) is -0.674. The summed E-state index contributed by atoms with van der Waals surface area (Å²) in [6.45, 7) is 2.93. The maximum Gasteiger partial charge on any atom is 0.220 e. The Morgan fingerprint density at radius 3 is 2.67 bits per heavy atom. The van der Waals surface area contributed by atoms with E-state index in [9.17, 15) is 15.0 Å². The number of carbonyl (C=O) groups excluding carboxylic acids is 1. The Kier molecular flexibility index (Phi) is 6.56. The van der Waals surface area contributed by atoms with Crippen LogP contribution in [0, 0.1) is 6.61 Å².